The molecule has 2 unspecified atom stereocenters. The van der Waals surface area contributed by atoms with Crippen molar-refractivity contribution < 1.29 is 8.42 Å². The highest BCUT2D eigenvalue weighted by molar-refractivity contribution is 7.91. The first-order chi connectivity index (χ1) is 9.36. The minimum atomic E-state index is -2.83. The molecule has 1 saturated heterocycles. The molecule has 0 aromatic rings. The first-order valence-corrected chi connectivity index (χ1v) is 9.31. The third-order valence-corrected chi connectivity index (χ3v) is 6.01. The highest BCUT2D eigenvalue weighted by atomic mass is 32.2. The molecule has 1 N–H and O–H groups in total. The van der Waals surface area contributed by atoms with Crippen LogP contribution in [0, 0.1) is 11.3 Å². The third kappa shape index (κ3) is 3.72. The van der Waals surface area contributed by atoms with Gasteiger partial charge in [0.2, 0.25) is 0 Å². The molecule has 0 spiro atoms. The highest BCUT2D eigenvalue weighted by Gasteiger charge is 2.40. The molecule has 2 rings (SSSR count). The largest absolute Gasteiger partial charge is 0.298 e. The van der Waals surface area contributed by atoms with E-state index in [1.165, 1.54) is 0 Å². The van der Waals surface area contributed by atoms with Crippen molar-refractivity contribution in [3.05, 3.63) is 0 Å². The van der Waals surface area contributed by atoms with Gasteiger partial charge in [0.25, 0.3) is 0 Å². The van der Waals surface area contributed by atoms with Crippen LogP contribution in [0.1, 0.15) is 39.5 Å². The Bertz CT molecular complexity index is 469. The number of rotatable bonds is 3. The number of sulfone groups is 1. The molecule has 0 radical (unpaired) electrons. The Morgan fingerprint density at radius 3 is 2.55 bits per heavy atom. The van der Waals surface area contributed by atoms with Crippen LogP contribution in [0.2, 0.25) is 0 Å². The normalized spacial score (nSPS) is 34.8. The first kappa shape index (κ1) is 15.7. The van der Waals surface area contributed by atoms with Crippen LogP contribution < -0.4 is 5.32 Å². The fraction of sp³-hybridized carbons (Fsp3) is 0.929. The van der Waals surface area contributed by atoms with Crippen LogP contribution in [0.15, 0.2) is 0 Å². The topological polar surface area (TPSA) is 73.2 Å². The third-order valence-electron chi connectivity index (χ3n) is 4.40. The Labute approximate surface area is 122 Å². The average Bonchev–Trinajstić information content (AvgIpc) is 2.38. The maximum Gasteiger partial charge on any atom is 0.152 e. The van der Waals surface area contributed by atoms with Crippen LogP contribution >= 0.6 is 0 Å². The molecule has 5 nitrogen and oxygen atoms in total. The van der Waals surface area contributed by atoms with Gasteiger partial charge in [-0.3, -0.25) is 10.2 Å². The van der Waals surface area contributed by atoms with Crippen LogP contribution in [-0.2, 0) is 9.84 Å². The lowest BCUT2D eigenvalue weighted by molar-refractivity contribution is 0.124. The van der Waals surface area contributed by atoms with Crippen molar-refractivity contribution in [2.24, 2.45) is 0 Å². The van der Waals surface area contributed by atoms with E-state index in [1.807, 2.05) is 0 Å². The van der Waals surface area contributed by atoms with E-state index in [0.717, 1.165) is 25.7 Å². The predicted molar refractivity (Wildman–Crippen MR) is 79.1 cm³/mol. The summed E-state index contributed by atoms with van der Waals surface area (Å²) >= 11 is 0. The smallest absolute Gasteiger partial charge is 0.152 e. The van der Waals surface area contributed by atoms with Gasteiger partial charge in [-0.05, 0) is 39.5 Å². The zero-order valence-electron chi connectivity index (χ0n) is 12.4. The van der Waals surface area contributed by atoms with Gasteiger partial charge in [-0.1, -0.05) is 0 Å². The molecule has 114 valence electrons. The van der Waals surface area contributed by atoms with E-state index in [1.54, 1.807) is 0 Å². The maximum atomic E-state index is 11.5. The second-order valence-electron chi connectivity index (χ2n) is 6.43. The van der Waals surface area contributed by atoms with Gasteiger partial charge in [0.15, 0.2) is 9.84 Å². The Hall–Kier alpha value is -0.640. The second kappa shape index (κ2) is 6.00. The van der Waals surface area contributed by atoms with Crippen LogP contribution in [0.4, 0.5) is 0 Å². The molecule has 2 atom stereocenters. The molecule has 1 aliphatic heterocycles. The monoisotopic (exact) mass is 299 g/mol. The Balaban J connectivity index is 2.02. The standard InChI is InChI=1S/C14H25N3O2S/c1-12(2)16-14(11-15)5-3-4-13(10-14)17-6-8-20(18,19)9-7-17/h12-13,16H,3-10H2,1-2H3. The predicted octanol–water partition coefficient (Wildman–Crippen LogP) is 0.920. The Kier molecular flexibility index (Phi) is 4.73. The van der Waals surface area contributed by atoms with Crippen LogP contribution in [0.5, 0.6) is 0 Å². The first-order valence-electron chi connectivity index (χ1n) is 7.49. The highest BCUT2D eigenvalue weighted by Crippen LogP contribution is 2.32. The van der Waals surface area contributed by atoms with Gasteiger partial charge >= 0.3 is 0 Å². The molecule has 0 bridgehead atoms. The van der Waals surface area contributed by atoms with Crippen molar-refractivity contribution in [2.45, 2.75) is 57.2 Å². The summed E-state index contributed by atoms with van der Waals surface area (Å²) in [4.78, 5) is 2.27. The molecule has 20 heavy (non-hydrogen) atoms. The van der Waals surface area contributed by atoms with E-state index in [4.69, 9.17) is 0 Å². The van der Waals surface area contributed by atoms with Crippen molar-refractivity contribution in [2.75, 3.05) is 24.6 Å². The number of hydrogen-bond donors (Lipinski definition) is 1. The lowest BCUT2D eigenvalue weighted by Crippen LogP contribution is -2.56. The number of nitrogens with one attached hydrogen (secondary N) is 1. The minimum absolute atomic E-state index is 0.265. The van der Waals surface area contributed by atoms with Crippen LogP contribution in [0.25, 0.3) is 0 Å². The SMILES string of the molecule is CC(C)NC1(C#N)CCCC(N2CCS(=O)(=O)CC2)C1. The zero-order chi connectivity index (χ0) is 14.8. The van der Waals surface area contributed by atoms with Crippen molar-refractivity contribution in [3.63, 3.8) is 0 Å². The summed E-state index contributed by atoms with van der Waals surface area (Å²) in [5.41, 5.74) is -0.437. The Morgan fingerprint density at radius 1 is 1.35 bits per heavy atom. The quantitative estimate of drug-likeness (QED) is 0.839. The van der Waals surface area contributed by atoms with E-state index in [2.05, 4.69) is 30.1 Å². The Morgan fingerprint density at radius 2 is 2.00 bits per heavy atom. The lowest BCUT2D eigenvalue weighted by Gasteiger charge is -2.43. The molecule has 0 aromatic heterocycles. The van der Waals surface area contributed by atoms with E-state index < -0.39 is 15.4 Å². The van der Waals surface area contributed by atoms with Gasteiger partial charge in [0.1, 0.15) is 5.54 Å². The fourth-order valence-electron chi connectivity index (χ4n) is 3.47. The van der Waals surface area contributed by atoms with Gasteiger partial charge in [-0.25, -0.2) is 8.42 Å². The molecule has 6 heteroatoms. The van der Waals surface area contributed by atoms with Crippen molar-refractivity contribution >= 4 is 9.84 Å². The van der Waals surface area contributed by atoms with Gasteiger partial charge in [0, 0.05) is 25.2 Å². The average molecular weight is 299 g/mol. The van der Waals surface area contributed by atoms with E-state index >= 15 is 0 Å². The summed E-state index contributed by atoms with van der Waals surface area (Å²) in [6, 6.07) is 3.10. The number of hydrogen-bond acceptors (Lipinski definition) is 5. The molecule has 1 aliphatic carbocycles. The summed E-state index contributed by atoms with van der Waals surface area (Å²) in [5.74, 6) is 0.529. The van der Waals surface area contributed by atoms with Gasteiger partial charge in [-0.15, -0.1) is 0 Å². The molecule has 1 heterocycles. The van der Waals surface area contributed by atoms with Gasteiger partial charge < -0.3 is 0 Å². The molecule has 2 fully saturated rings. The molecular weight excluding hydrogens is 274 g/mol. The lowest BCUT2D eigenvalue weighted by atomic mass is 9.79. The molecule has 0 amide bonds. The van der Waals surface area contributed by atoms with E-state index in [9.17, 15) is 13.7 Å². The minimum Gasteiger partial charge on any atom is -0.298 e. The summed E-state index contributed by atoms with van der Waals surface area (Å²) in [6.45, 7) is 5.37. The van der Waals surface area contributed by atoms with Crippen LogP contribution in [-0.4, -0.2) is 55.5 Å². The van der Waals surface area contributed by atoms with E-state index in [0.29, 0.717) is 19.1 Å². The van der Waals surface area contributed by atoms with Gasteiger partial charge in [0.05, 0.1) is 17.6 Å². The van der Waals surface area contributed by atoms with Crippen molar-refractivity contribution in [1.29, 1.82) is 5.26 Å². The number of nitrogens with zero attached hydrogens (tertiary/aromatic N) is 2. The second-order valence-corrected chi connectivity index (χ2v) is 8.73. The summed E-state index contributed by atoms with van der Waals surface area (Å²) in [5, 5.41) is 13.0. The van der Waals surface area contributed by atoms with Gasteiger partial charge in [-0.2, -0.15) is 5.26 Å². The molecule has 2 aliphatic rings. The molecular formula is C14H25N3O2S. The molecule has 0 aromatic carbocycles. The molecule has 1 saturated carbocycles. The summed E-state index contributed by atoms with van der Waals surface area (Å²) in [6.07, 6.45) is 3.80. The fourth-order valence-corrected chi connectivity index (χ4v) is 4.70. The van der Waals surface area contributed by atoms with Crippen molar-refractivity contribution in [3.8, 4) is 6.07 Å². The zero-order valence-corrected chi connectivity index (χ0v) is 13.2. The number of nitriles is 1. The maximum absolute atomic E-state index is 11.5. The van der Waals surface area contributed by atoms with Crippen LogP contribution in [0.3, 0.4) is 0 Å². The van der Waals surface area contributed by atoms with Crippen molar-refractivity contribution in [1.82, 2.24) is 10.2 Å². The summed E-state index contributed by atoms with van der Waals surface area (Å²) in [7, 11) is -2.83. The van der Waals surface area contributed by atoms with E-state index in [-0.39, 0.29) is 17.5 Å². The summed E-state index contributed by atoms with van der Waals surface area (Å²) < 4.78 is 23.0.